The van der Waals surface area contributed by atoms with Gasteiger partial charge in [-0.3, -0.25) is 9.69 Å². The predicted molar refractivity (Wildman–Crippen MR) is 90.0 cm³/mol. The van der Waals surface area contributed by atoms with Gasteiger partial charge in [-0.1, -0.05) is 0 Å². The number of aromatic nitrogens is 2. The maximum atomic E-state index is 12.9. The smallest absolute Gasteiger partial charge is 0.239 e. The van der Waals surface area contributed by atoms with Crippen molar-refractivity contribution in [2.45, 2.75) is 38.8 Å². The van der Waals surface area contributed by atoms with Gasteiger partial charge >= 0.3 is 0 Å². The summed E-state index contributed by atoms with van der Waals surface area (Å²) < 4.78 is 12.7. The Kier molecular flexibility index (Phi) is 5.10. The molecule has 2 atom stereocenters. The number of morpholine rings is 1. The van der Waals surface area contributed by atoms with Crippen LogP contribution >= 0.6 is 0 Å². The van der Waals surface area contributed by atoms with Crippen molar-refractivity contribution in [1.82, 2.24) is 19.6 Å². The highest BCUT2D eigenvalue weighted by Gasteiger charge is 2.38. The number of amides is 1. The molecular formula is C17H28N4O3. The molecule has 2 saturated heterocycles. The molecule has 7 nitrogen and oxygen atoms in total. The fourth-order valence-corrected chi connectivity index (χ4v) is 4.03. The number of hydrogen-bond acceptors (Lipinski definition) is 5. The lowest BCUT2D eigenvalue weighted by atomic mass is 10.0. The molecule has 134 valence electrons. The zero-order valence-electron chi connectivity index (χ0n) is 15.1. The second-order valence-electron chi connectivity index (χ2n) is 6.64. The first-order valence-electron chi connectivity index (χ1n) is 8.74. The fraction of sp³-hybridized carbons (Fsp3) is 0.765. The summed E-state index contributed by atoms with van der Waals surface area (Å²) in [5, 5.41) is 4.51. The van der Waals surface area contributed by atoms with Crippen molar-refractivity contribution in [3.8, 4) is 5.88 Å². The minimum Gasteiger partial charge on any atom is -0.481 e. The topological polar surface area (TPSA) is 59.8 Å². The first-order chi connectivity index (χ1) is 11.5. The van der Waals surface area contributed by atoms with Crippen LogP contribution in [0.5, 0.6) is 5.88 Å². The van der Waals surface area contributed by atoms with Gasteiger partial charge in [0.1, 0.15) is 0 Å². The first-order valence-corrected chi connectivity index (χ1v) is 8.74. The van der Waals surface area contributed by atoms with Crippen LogP contribution in [0.25, 0.3) is 0 Å². The normalized spacial score (nSPS) is 23.5. The van der Waals surface area contributed by atoms with E-state index in [2.05, 4.69) is 10.00 Å². The van der Waals surface area contributed by atoms with Crippen LogP contribution in [0, 0.1) is 6.92 Å². The third kappa shape index (κ3) is 3.02. The Bertz CT molecular complexity index is 595. The molecular weight excluding hydrogens is 308 g/mol. The second kappa shape index (κ2) is 7.11. The molecule has 0 radical (unpaired) electrons. The highest BCUT2D eigenvalue weighted by molar-refractivity contribution is 5.81. The van der Waals surface area contributed by atoms with E-state index in [0.717, 1.165) is 36.5 Å². The summed E-state index contributed by atoms with van der Waals surface area (Å²) in [5.74, 6) is 1.00. The van der Waals surface area contributed by atoms with Gasteiger partial charge < -0.3 is 14.4 Å². The van der Waals surface area contributed by atoms with Gasteiger partial charge in [0, 0.05) is 26.2 Å². The number of aryl methyl sites for hydroxylation is 2. The molecule has 0 aliphatic carbocycles. The minimum atomic E-state index is -0.139. The van der Waals surface area contributed by atoms with E-state index in [9.17, 15) is 4.79 Å². The van der Waals surface area contributed by atoms with Gasteiger partial charge in [-0.2, -0.15) is 5.10 Å². The van der Waals surface area contributed by atoms with Crippen LogP contribution < -0.4 is 4.74 Å². The number of hydrogen-bond donors (Lipinski definition) is 0. The summed E-state index contributed by atoms with van der Waals surface area (Å²) in [5.41, 5.74) is 2.11. The second-order valence-corrected chi connectivity index (χ2v) is 6.64. The number of ether oxygens (including phenoxy) is 2. The zero-order valence-corrected chi connectivity index (χ0v) is 15.1. The van der Waals surface area contributed by atoms with Gasteiger partial charge in [0.2, 0.25) is 11.8 Å². The zero-order chi connectivity index (χ0) is 17.3. The van der Waals surface area contributed by atoms with Gasteiger partial charge in [0.25, 0.3) is 0 Å². The van der Waals surface area contributed by atoms with E-state index < -0.39 is 0 Å². The summed E-state index contributed by atoms with van der Waals surface area (Å²) >= 11 is 0. The summed E-state index contributed by atoms with van der Waals surface area (Å²) in [4.78, 5) is 17.1. The molecule has 3 rings (SSSR count). The number of methoxy groups -OCH3 is 1. The van der Waals surface area contributed by atoms with E-state index >= 15 is 0 Å². The lowest BCUT2D eigenvalue weighted by molar-refractivity contribution is -0.140. The Morgan fingerprint density at radius 3 is 2.71 bits per heavy atom. The molecule has 0 saturated carbocycles. The van der Waals surface area contributed by atoms with Crippen molar-refractivity contribution in [3.63, 3.8) is 0 Å². The van der Waals surface area contributed by atoms with Crippen molar-refractivity contribution in [3.05, 3.63) is 11.3 Å². The van der Waals surface area contributed by atoms with Gasteiger partial charge in [0.05, 0.1) is 37.6 Å². The van der Waals surface area contributed by atoms with Gasteiger partial charge in [-0.15, -0.1) is 0 Å². The van der Waals surface area contributed by atoms with Crippen LogP contribution in [-0.2, 0) is 16.6 Å². The quantitative estimate of drug-likeness (QED) is 0.825. The van der Waals surface area contributed by atoms with E-state index in [1.807, 2.05) is 25.8 Å². The number of carbonyl (C=O) groups is 1. The summed E-state index contributed by atoms with van der Waals surface area (Å²) in [7, 11) is 3.58. The molecule has 0 spiro atoms. The maximum Gasteiger partial charge on any atom is 0.239 e. The van der Waals surface area contributed by atoms with Crippen LogP contribution in [0.1, 0.15) is 37.1 Å². The molecule has 1 aromatic heterocycles. The largest absolute Gasteiger partial charge is 0.481 e. The lowest BCUT2D eigenvalue weighted by Crippen LogP contribution is -2.50. The van der Waals surface area contributed by atoms with Gasteiger partial charge in [-0.25, -0.2) is 4.68 Å². The van der Waals surface area contributed by atoms with Crippen LogP contribution in [0.4, 0.5) is 0 Å². The average molecular weight is 336 g/mol. The van der Waals surface area contributed by atoms with E-state index in [4.69, 9.17) is 9.47 Å². The Labute approximate surface area is 143 Å². The Hall–Kier alpha value is -1.60. The third-order valence-electron chi connectivity index (χ3n) is 5.21. The lowest BCUT2D eigenvalue weighted by Gasteiger charge is -2.35. The number of nitrogens with zero attached hydrogens (tertiary/aromatic N) is 4. The molecule has 0 bridgehead atoms. The molecule has 2 aliphatic rings. The SMILES string of the molecule is COc1c(C2CCCN2C(C)C(=O)N2CCOCC2)c(C)nn1C. The summed E-state index contributed by atoms with van der Waals surface area (Å²) in [6, 6.07) is 0.0496. The monoisotopic (exact) mass is 336 g/mol. The highest BCUT2D eigenvalue weighted by Crippen LogP contribution is 2.40. The van der Waals surface area contributed by atoms with Crippen molar-refractivity contribution < 1.29 is 14.3 Å². The average Bonchev–Trinajstić information content (AvgIpc) is 3.17. The summed E-state index contributed by atoms with van der Waals surface area (Å²) in [6.45, 7) is 7.62. The molecule has 0 aromatic carbocycles. The van der Waals surface area contributed by atoms with Crippen LogP contribution in [-0.4, -0.2) is 71.5 Å². The van der Waals surface area contributed by atoms with Gasteiger partial charge in [-0.05, 0) is 33.2 Å². The van der Waals surface area contributed by atoms with E-state index in [-0.39, 0.29) is 18.0 Å². The highest BCUT2D eigenvalue weighted by atomic mass is 16.5. The minimum absolute atomic E-state index is 0.139. The molecule has 1 aromatic rings. The molecule has 7 heteroatoms. The molecule has 24 heavy (non-hydrogen) atoms. The fourth-order valence-electron chi connectivity index (χ4n) is 4.03. The van der Waals surface area contributed by atoms with Crippen molar-refractivity contribution in [2.24, 2.45) is 7.05 Å². The van der Waals surface area contributed by atoms with Gasteiger partial charge in [0.15, 0.2) is 0 Å². The van der Waals surface area contributed by atoms with Crippen LogP contribution in [0.3, 0.4) is 0 Å². The van der Waals surface area contributed by atoms with E-state index in [0.29, 0.717) is 26.3 Å². The Morgan fingerprint density at radius 1 is 1.33 bits per heavy atom. The van der Waals surface area contributed by atoms with Crippen molar-refractivity contribution >= 4 is 5.91 Å². The Morgan fingerprint density at radius 2 is 2.04 bits per heavy atom. The van der Waals surface area contributed by atoms with E-state index in [1.54, 1.807) is 11.8 Å². The first kappa shape index (κ1) is 17.2. The maximum absolute atomic E-state index is 12.9. The molecule has 2 aliphatic heterocycles. The number of rotatable bonds is 4. The van der Waals surface area contributed by atoms with Crippen molar-refractivity contribution in [2.75, 3.05) is 40.0 Å². The third-order valence-corrected chi connectivity index (χ3v) is 5.21. The van der Waals surface area contributed by atoms with Crippen LogP contribution in [0.2, 0.25) is 0 Å². The molecule has 0 N–H and O–H groups in total. The predicted octanol–water partition coefficient (Wildman–Crippen LogP) is 1.12. The van der Waals surface area contributed by atoms with E-state index in [1.165, 1.54) is 0 Å². The van der Waals surface area contributed by atoms with Crippen molar-refractivity contribution in [1.29, 1.82) is 0 Å². The Balaban J connectivity index is 1.81. The molecule has 2 unspecified atom stereocenters. The molecule has 1 amide bonds. The molecule has 3 heterocycles. The summed E-state index contributed by atoms with van der Waals surface area (Å²) in [6.07, 6.45) is 2.12. The standard InChI is InChI=1S/C17H28N4O3/c1-12-15(17(23-4)19(3)18-12)14-6-5-7-21(14)13(2)16(22)20-8-10-24-11-9-20/h13-14H,5-11H2,1-4H3. The number of carbonyl (C=O) groups excluding carboxylic acids is 1. The van der Waals surface area contributed by atoms with Crippen LogP contribution in [0.15, 0.2) is 0 Å². The number of likely N-dealkylation sites (tertiary alicyclic amines) is 1. The molecule has 2 fully saturated rings.